The van der Waals surface area contributed by atoms with Gasteiger partial charge in [0.05, 0.1) is 0 Å². The maximum atomic E-state index is 6.91. The molecule has 0 N–H and O–H groups in total. The lowest BCUT2D eigenvalue weighted by molar-refractivity contribution is 0.674. The molecular formula is C66H40O. The van der Waals surface area contributed by atoms with Crippen LogP contribution in [0.25, 0.3) is 142 Å². The first kappa shape index (κ1) is 37.6. The van der Waals surface area contributed by atoms with Crippen molar-refractivity contribution in [3.8, 4) is 55.6 Å². The van der Waals surface area contributed by atoms with E-state index in [9.17, 15) is 0 Å². The average molecular weight is 849 g/mol. The number of para-hydroxylation sites is 1. The Morgan fingerprint density at radius 2 is 0.612 bits per heavy atom. The Kier molecular flexibility index (Phi) is 8.35. The minimum absolute atomic E-state index is 0.923. The highest BCUT2D eigenvalue weighted by Crippen LogP contribution is 2.47. The summed E-state index contributed by atoms with van der Waals surface area (Å²) in [6.07, 6.45) is 0. The molecule has 1 nitrogen and oxygen atoms in total. The standard InChI is InChI=1S/C66H40O/c1-2-15-41(16-3-1)42-29-33-45(34-30-42)63-52-23-10-12-25-54(52)64(55-26-13-11-24-53(55)63)46-35-31-44(32-36-46)59-39-61-51-22-9-8-21-50(51)60(40-62(61)49-20-7-6-19-48(49)59)57-28-14-27-56-58-38-37-43-17-4-5-18-47(43)65(58)67-66(56)57/h1-40H. The number of fused-ring (bicyclic) bond motifs is 12. The lowest BCUT2D eigenvalue weighted by Gasteiger charge is -2.18. The van der Waals surface area contributed by atoms with Gasteiger partial charge in [0.1, 0.15) is 11.2 Å². The van der Waals surface area contributed by atoms with Crippen molar-refractivity contribution in [2.24, 2.45) is 0 Å². The van der Waals surface area contributed by atoms with E-state index in [1.54, 1.807) is 0 Å². The number of rotatable bonds is 5. The summed E-state index contributed by atoms with van der Waals surface area (Å²) < 4.78 is 6.91. The van der Waals surface area contributed by atoms with E-state index in [2.05, 4.69) is 243 Å². The minimum atomic E-state index is 0.923. The number of furan rings is 1. The normalized spacial score (nSPS) is 11.9. The molecule has 1 aromatic heterocycles. The van der Waals surface area contributed by atoms with Crippen LogP contribution in [-0.2, 0) is 0 Å². The van der Waals surface area contributed by atoms with Crippen LogP contribution in [0.4, 0.5) is 0 Å². The van der Waals surface area contributed by atoms with Crippen molar-refractivity contribution in [1.82, 2.24) is 0 Å². The molecule has 0 saturated carbocycles. The lowest BCUT2D eigenvalue weighted by atomic mass is 9.85. The Bertz CT molecular complexity index is 4230. The fourth-order valence-electron chi connectivity index (χ4n) is 11.2. The highest BCUT2D eigenvalue weighted by atomic mass is 16.3. The van der Waals surface area contributed by atoms with Crippen LogP contribution in [0.5, 0.6) is 0 Å². The molecule has 0 aliphatic rings. The van der Waals surface area contributed by atoms with Crippen molar-refractivity contribution in [3.63, 3.8) is 0 Å². The van der Waals surface area contributed by atoms with Gasteiger partial charge in [-0.1, -0.05) is 224 Å². The predicted molar refractivity (Wildman–Crippen MR) is 286 cm³/mol. The van der Waals surface area contributed by atoms with Crippen molar-refractivity contribution in [1.29, 1.82) is 0 Å². The largest absolute Gasteiger partial charge is 0.455 e. The monoisotopic (exact) mass is 848 g/mol. The third-order valence-corrected chi connectivity index (χ3v) is 14.3. The molecule has 0 aliphatic heterocycles. The second kappa shape index (κ2) is 14.9. The molecule has 0 aliphatic carbocycles. The fraction of sp³-hybridized carbons (Fsp3) is 0. The maximum Gasteiger partial charge on any atom is 0.143 e. The third-order valence-electron chi connectivity index (χ3n) is 14.3. The zero-order valence-corrected chi connectivity index (χ0v) is 36.5. The Morgan fingerprint density at radius 3 is 1.21 bits per heavy atom. The van der Waals surface area contributed by atoms with Crippen LogP contribution < -0.4 is 0 Å². The third kappa shape index (κ3) is 5.81. The summed E-state index contributed by atoms with van der Waals surface area (Å²) in [6.45, 7) is 0. The molecule has 1 heteroatoms. The van der Waals surface area contributed by atoms with E-state index in [4.69, 9.17) is 4.42 Å². The number of hydrogen-bond donors (Lipinski definition) is 0. The predicted octanol–water partition coefficient (Wildman–Crippen LogP) is 18.8. The number of benzene rings is 13. The van der Waals surface area contributed by atoms with Gasteiger partial charge >= 0.3 is 0 Å². The molecule has 1 heterocycles. The van der Waals surface area contributed by atoms with E-state index in [0.29, 0.717) is 0 Å². The first-order valence-electron chi connectivity index (χ1n) is 23.2. The minimum Gasteiger partial charge on any atom is -0.455 e. The van der Waals surface area contributed by atoms with Crippen molar-refractivity contribution < 1.29 is 4.42 Å². The van der Waals surface area contributed by atoms with E-state index in [0.717, 1.165) is 32.9 Å². The Morgan fingerprint density at radius 1 is 0.194 bits per heavy atom. The van der Waals surface area contributed by atoms with Gasteiger partial charge in [0.25, 0.3) is 0 Å². The molecule has 0 atom stereocenters. The van der Waals surface area contributed by atoms with Crippen molar-refractivity contribution in [2.45, 2.75) is 0 Å². The molecule has 13 aromatic carbocycles. The highest BCUT2D eigenvalue weighted by molar-refractivity contribution is 6.26. The quantitative estimate of drug-likeness (QED) is 0.124. The van der Waals surface area contributed by atoms with E-state index in [1.807, 2.05) is 0 Å². The topological polar surface area (TPSA) is 13.1 Å². The van der Waals surface area contributed by atoms with Crippen LogP contribution in [0.3, 0.4) is 0 Å². The lowest BCUT2D eigenvalue weighted by Crippen LogP contribution is -1.91. The molecule has 310 valence electrons. The summed E-state index contributed by atoms with van der Waals surface area (Å²) in [5.41, 5.74) is 14.0. The van der Waals surface area contributed by atoms with Crippen molar-refractivity contribution in [2.75, 3.05) is 0 Å². The molecule has 0 saturated heterocycles. The average Bonchev–Trinajstić information content (AvgIpc) is 3.80. The fourth-order valence-corrected chi connectivity index (χ4v) is 11.2. The van der Waals surface area contributed by atoms with Crippen LogP contribution in [0.1, 0.15) is 0 Å². The number of hydrogen-bond acceptors (Lipinski definition) is 1. The summed E-state index contributed by atoms with van der Waals surface area (Å²) in [7, 11) is 0. The Balaban J connectivity index is 0.923. The summed E-state index contributed by atoms with van der Waals surface area (Å²) in [4.78, 5) is 0. The molecular weight excluding hydrogens is 809 g/mol. The molecule has 0 fully saturated rings. The van der Waals surface area contributed by atoms with E-state index in [1.165, 1.54) is 109 Å². The molecule has 14 rings (SSSR count). The van der Waals surface area contributed by atoms with E-state index >= 15 is 0 Å². The van der Waals surface area contributed by atoms with Crippen LogP contribution >= 0.6 is 0 Å². The molecule has 0 bridgehead atoms. The van der Waals surface area contributed by atoms with Gasteiger partial charge in [-0.25, -0.2) is 0 Å². The molecule has 14 aromatic rings. The Labute approximate surface area is 387 Å². The Hall–Kier alpha value is -8.78. The van der Waals surface area contributed by atoms with Gasteiger partial charge in [0, 0.05) is 21.7 Å². The second-order valence-electron chi connectivity index (χ2n) is 17.8. The molecule has 0 spiro atoms. The van der Waals surface area contributed by atoms with Gasteiger partial charge in [0.2, 0.25) is 0 Å². The maximum absolute atomic E-state index is 6.91. The summed E-state index contributed by atoms with van der Waals surface area (Å²) in [6, 6.07) is 89.0. The molecule has 0 amide bonds. The van der Waals surface area contributed by atoms with Gasteiger partial charge in [-0.2, -0.15) is 0 Å². The van der Waals surface area contributed by atoms with Gasteiger partial charge < -0.3 is 4.42 Å². The highest BCUT2D eigenvalue weighted by Gasteiger charge is 2.20. The van der Waals surface area contributed by atoms with E-state index in [-0.39, 0.29) is 0 Å². The second-order valence-corrected chi connectivity index (χ2v) is 17.8. The van der Waals surface area contributed by atoms with Crippen LogP contribution in [0.15, 0.2) is 247 Å². The zero-order valence-electron chi connectivity index (χ0n) is 36.5. The molecule has 0 radical (unpaired) electrons. The van der Waals surface area contributed by atoms with Gasteiger partial charge in [-0.15, -0.1) is 0 Å². The summed E-state index contributed by atoms with van der Waals surface area (Å²) in [5.74, 6) is 0. The summed E-state index contributed by atoms with van der Waals surface area (Å²) in [5, 5.41) is 17.0. The SMILES string of the molecule is c1ccc(-c2ccc(-c3c4ccccc4c(-c4ccc(-c5cc6c7ccccc7c(-c7cccc8c7oc7c9ccccc9ccc87)cc6c6ccccc56)cc4)c4ccccc34)cc2)cc1. The smallest absolute Gasteiger partial charge is 0.143 e. The van der Waals surface area contributed by atoms with E-state index < -0.39 is 0 Å². The summed E-state index contributed by atoms with van der Waals surface area (Å²) >= 11 is 0. The van der Waals surface area contributed by atoms with Crippen molar-refractivity contribution in [3.05, 3.63) is 243 Å². The van der Waals surface area contributed by atoms with Crippen molar-refractivity contribution >= 4 is 86.6 Å². The first-order valence-corrected chi connectivity index (χ1v) is 23.2. The molecule has 0 unspecified atom stereocenters. The van der Waals surface area contributed by atoms with Crippen LogP contribution in [-0.4, -0.2) is 0 Å². The van der Waals surface area contributed by atoms with Gasteiger partial charge in [0.15, 0.2) is 0 Å². The van der Waals surface area contributed by atoms with Crippen LogP contribution in [0.2, 0.25) is 0 Å². The zero-order chi connectivity index (χ0) is 44.0. The van der Waals surface area contributed by atoms with Gasteiger partial charge in [-0.3, -0.25) is 0 Å². The van der Waals surface area contributed by atoms with Crippen LogP contribution in [0, 0.1) is 0 Å². The molecule has 67 heavy (non-hydrogen) atoms. The van der Waals surface area contributed by atoms with Gasteiger partial charge in [-0.05, 0) is 128 Å². The first-order chi connectivity index (χ1) is 33.2.